The molecule has 0 unspecified atom stereocenters. The third-order valence-corrected chi connectivity index (χ3v) is 5.52. The second-order valence-corrected chi connectivity index (χ2v) is 6.79. The van der Waals surface area contributed by atoms with Crippen LogP contribution in [-0.4, -0.2) is 59.8 Å². The molecule has 1 saturated heterocycles. The Hall–Kier alpha value is -1.04. The molecule has 0 aromatic rings. The lowest BCUT2D eigenvalue weighted by Gasteiger charge is -2.37. The summed E-state index contributed by atoms with van der Waals surface area (Å²) in [7, 11) is 0. The van der Waals surface area contributed by atoms with Gasteiger partial charge in [0, 0.05) is 32.2 Å². The number of thiocarbonyl (C=S) groups is 1. The molecule has 3 atom stereocenters. The van der Waals surface area contributed by atoms with E-state index < -0.39 is 0 Å². The van der Waals surface area contributed by atoms with Crippen molar-refractivity contribution in [2.75, 3.05) is 32.8 Å². The van der Waals surface area contributed by atoms with E-state index in [1.165, 1.54) is 25.7 Å². The van der Waals surface area contributed by atoms with Gasteiger partial charge in [-0.2, -0.15) is 0 Å². The molecule has 0 radical (unpaired) electrons. The second-order valence-electron chi connectivity index (χ2n) is 6.40. The van der Waals surface area contributed by atoms with Crippen LogP contribution in [0.1, 0.15) is 32.6 Å². The van der Waals surface area contributed by atoms with Crippen molar-refractivity contribution in [3.05, 3.63) is 0 Å². The van der Waals surface area contributed by atoms with Crippen molar-refractivity contribution in [2.45, 2.75) is 38.6 Å². The van der Waals surface area contributed by atoms with Gasteiger partial charge >= 0.3 is 6.09 Å². The van der Waals surface area contributed by atoms with Crippen molar-refractivity contribution in [2.24, 2.45) is 11.8 Å². The zero-order valence-corrected chi connectivity index (χ0v) is 13.5. The molecule has 2 aliphatic carbocycles. The summed E-state index contributed by atoms with van der Waals surface area (Å²) in [4.78, 5) is 15.6. The van der Waals surface area contributed by atoms with Gasteiger partial charge in [0.05, 0.1) is 6.61 Å². The third-order valence-electron chi connectivity index (χ3n) is 5.14. The van der Waals surface area contributed by atoms with E-state index in [2.05, 4.69) is 10.2 Å². The highest BCUT2D eigenvalue weighted by Gasteiger charge is 2.40. The molecule has 2 saturated carbocycles. The normalized spacial score (nSPS) is 31.4. The fraction of sp³-hybridized carbons (Fsp3) is 0.867. The molecule has 3 aliphatic rings. The summed E-state index contributed by atoms with van der Waals surface area (Å²) < 4.78 is 5.04. The Kier molecular flexibility index (Phi) is 4.52. The minimum atomic E-state index is -0.205. The Morgan fingerprint density at radius 2 is 1.90 bits per heavy atom. The molecule has 1 amide bonds. The number of hydrogen-bond donors (Lipinski definition) is 1. The van der Waals surface area contributed by atoms with Crippen LogP contribution >= 0.6 is 12.2 Å². The molecule has 0 aromatic carbocycles. The van der Waals surface area contributed by atoms with E-state index in [9.17, 15) is 4.79 Å². The van der Waals surface area contributed by atoms with Crippen LogP contribution in [0.2, 0.25) is 0 Å². The molecule has 3 fully saturated rings. The number of ether oxygens (including phenoxy) is 1. The van der Waals surface area contributed by atoms with Crippen LogP contribution in [0.15, 0.2) is 0 Å². The highest BCUT2D eigenvalue weighted by atomic mass is 32.1. The fourth-order valence-electron chi connectivity index (χ4n) is 3.98. The van der Waals surface area contributed by atoms with Crippen LogP contribution < -0.4 is 5.32 Å². The maximum atomic E-state index is 11.7. The Morgan fingerprint density at radius 1 is 1.19 bits per heavy atom. The van der Waals surface area contributed by atoms with Crippen LogP contribution in [0.5, 0.6) is 0 Å². The number of carbonyl (C=O) groups excluding carboxylic acids is 1. The van der Waals surface area contributed by atoms with Crippen molar-refractivity contribution in [3.63, 3.8) is 0 Å². The molecule has 0 aromatic heterocycles. The lowest BCUT2D eigenvalue weighted by molar-refractivity contribution is 0.0916. The average Bonchev–Trinajstić information content (AvgIpc) is 3.10. The molecule has 118 valence electrons. The largest absolute Gasteiger partial charge is 0.450 e. The van der Waals surface area contributed by atoms with E-state index in [-0.39, 0.29) is 6.09 Å². The lowest BCUT2D eigenvalue weighted by Crippen LogP contribution is -2.55. The summed E-state index contributed by atoms with van der Waals surface area (Å²) in [5.41, 5.74) is 0. The van der Waals surface area contributed by atoms with Gasteiger partial charge < -0.3 is 19.9 Å². The molecule has 1 aliphatic heterocycles. The highest BCUT2D eigenvalue weighted by molar-refractivity contribution is 7.80. The first-order valence-electron chi connectivity index (χ1n) is 8.14. The molecule has 0 spiro atoms. The van der Waals surface area contributed by atoms with Crippen molar-refractivity contribution in [1.82, 2.24) is 15.1 Å². The average molecular weight is 311 g/mol. The Morgan fingerprint density at radius 3 is 2.48 bits per heavy atom. The maximum Gasteiger partial charge on any atom is 0.409 e. The molecular weight excluding hydrogens is 286 g/mol. The predicted octanol–water partition coefficient (Wildman–Crippen LogP) is 1.82. The van der Waals surface area contributed by atoms with E-state index in [0.29, 0.717) is 25.7 Å². The van der Waals surface area contributed by atoms with Crippen LogP contribution in [0.25, 0.3) is 0 Å². The summed E-state index contributed by atoms with van der Waals surface area (Å²) in [5.74, 6) is 1.75. The first-order valence-corrected chi connectivity index (χ1v) is 8.55. The van der Waals surface area contributed by atoms with Crippen molar-refractivity contribution in [1.29, 1.82) is 0 Å². The molecule has 6 heteroatoms. The Labute approximate surface area is 132 Å². The summed E-state index contributed by atoms with van der Waals surface area (Å²) in [6.45, 7) is 5.25. The number of hydrogen-bond acceptors (Lipinski definition) is 3. The van der Waals surface area contributed by atoms with Gasteiger partial charge in [-0.1, -0.05) is 6.42 Å². The summed E-state index contributed by atoms with van der Waals surface area (Å²) in [5, 5.41) is 4.44. The summed E-state index contributed by atoms with van der Waals surface area (Å²) in [6.07, 6.45) is 5.24. The topological polar surface area (TPSA) is 44.8 Å². The van der Waals surface area contributed by atoms with Gasteiger partial charge in [0.15, 0.2) is 5.11 Å². The quantitative estimate of drug-likeness (QED) is 0.788. The van der Waals surface area contributed by atoms with E-state index in [1.807, 2.05) is 6.92 Å². The monoisotopic (exact) mass is 311 g/mol. The van der Waals surface area contributed by atoms with Gasteiger partial charge in [0.2, 0.25) is 0 Å². The fourth-order valence-corrected chi connectivity index (χ4v) is 4.31. The minimum absolute atomic E-state index is 0.205. The van der Waals surface area contributed by atoms with Crippen LogP contribution in [0, 0.1) is 11.8 Å². The SMILES string of the molecule is CCOC(=O)N1CCN(C(=S)N[C@H]2C[C@H]3CC[C@@H]2C3)CC1. The van der Waals surface area contributed by atoms with Gasteiger partial charge in [-0.25, -0.2) is 4.79 Å². The van der Waals surface area contributed by atoms with Crippen LogP contribution in [0.4, 0.5) is 4.79 Å². The first-order chi connectivity index (χ1) is 10.2. The first kappa shape index (κ1) is 14.9. The van der Waals surface area contributed by atoms with Gasteiger partial charge in [0.1, 0.15) is 0 Å². The smallest absolute Gasteiger partial charge is 0.409 e. The molecular formula is C15H25N3O2S. The summed E-state index contributed by atoms with van der Waals surface area (Å²) in [6, 6.07) is 0.583. The number of amides is 1. The number of piperazine rings is 1. The molecule has 2 bridgehead atoms. The van der Waals surface area contributed by atoms with Crippen molar-refractivity contribution >= 4 is 23.4 Å². The van der Waals surface area contributed by atoms with E-state index in [0.717, 1.165) is 30.0 Å². The van der Waals surface area contributed by atoms with Gasteiger partial charge in [-0.15, -0.1) is 0 Å². The number of nitrogens with zero attached hydrogens (tertiary/aromatic N) is 2. The predicted molar refractivity (Wildman–Crippen MR) is 85.1 cm³/mol. The maximum absolute atomic E-state index is 11.7. The van der Waals surface area contributed by atoms with Gasteiger partial charge in [0.25, 0.3) is 0 Å². The summed E-state index contributed by atoms with van der Waals surface area (Å²) >= 11 is 5.56. The Bertz CT molecular complexity index is 410. The molecule has 21 heavy (non-hydrogen) atoms. The third kappa shape index (κ3) is 3.25. The molecule has 1 heterocycles. The van der Waals surface area contributed by atoms with E-state index in [4.69, 9.17) is 17.0 Å². The standard InChI is InChI=1S/C15H25N3O2S/c1-2-20-15(19)18-7-5-17(6-8-18)14(21)16-13-10-11-3-4-12(13)9-11/h11-13H,2-10H2,1H3,(H,16,21)/t11-,12+,13-/m0/s1. The van der Waals surface area contributed by atoms with Crippen LogP contribution in [-0.2, 0) is 4.74 Å². The van der Waals surface area contributed by atoms with E-state index in [1.54, 1.807) is 4.90 Å². The van der Waals surface area contributed by atoms with Crippen molar-refractivity contribution < 1.29 is 9.53 Å². The van der Waals surface area contributed by atoms with E-state index >= 15 is 0 Å². The highest BCUT2D eigenvalue weighted by Crippen LogP contribution is 2.44. The number of fused-ring (bicyclic) bond motifs is 2. The molecule has 1 N–H and O–H groups in total. The van der Waals surface area contributed by atoms with Gasteiger partial charge in [-0.3, -0.25) is 0 Å². The lowest BCUT2D eigenvalue weighted by atomic mass is 9.95. The number of nitrogens with one attached hydrogen (secondary N) is 1. The Balaban J connectivity index is 1.44. The number of rotatable bonds is 2. The zero-order valence-electron chi connectivity index (χ0n) is 12.7. The zero-order chi connectivity index (χ0) is 14.8. The number of carbonyl (C=O) groups is 1. The second kappa shape index (κ2) is 6.38. The molecule has 3 rings (SSSR count). The van der Waals surface area contributed by atoms with Crippen molar-refractivity contribution in [3.8, 4) is 0 Å². The minimum Gasteiger partial charge on any atom is -0.450 e. The molecule has 5 nitrogen and oxygen atoms in total. The van der Waals surface area contributed by atoms with Crippen LogP contribution in [0.3, 0.4) is 0 Å². The van der Waals surface area contributed by atoms with Gasteiger partial charge in [-0.05, 0) is 50.2 Å².